The predicted molar refractivity (Wildman–Crippen MR) is 64.8 cm³/mol. The molecule has 0 rings (SSSR count). The second kappa shape index (κ2) is 9.62. The Morgan fingerprint density at radius 1 is 0.889 bits per heavy atom. The van der Waals surface area contributed by atoms with Crippen molar-refractivity contribution in [3.8, 4) is 0 Å². The summed E-state index contributed by atoms with van der Waals surface area (Å²) in [5.74, 6) is 0. The van der Waals surface area contributed by atoms with E-state index in [1.54, 1.807) is 20.8 Å². The zero-order valence-electron chi connectivity index (χ0n) is 11.1. The van der Waals surface area contributed by atoms with E-state index in [9.17, 15) is 0 Å². The SMILES string of the molecule is CC(O)CC(C)(C)O.OCC(O)C(O)C(O)CO. The number of aliphatic hydroxyl groups is 7. The van der Waals surface area contributed by atoms with Gasteiger partial charge in [0.25, 0.3) is 0 Å². The maximum absolute atomic E-state index is 9.03. The Morgan fingerprint density at radius 2 is 1.22 bits per heavy atom. The summed E-state index contributed by atoms with van der Waals surface area (Å²) in [5.41, 5.74) is -0.728. The molecule has 0 amide bonds. The molecule has 0 heterocycles. The van der Waals surface area contributed by atoms with Crippen molar-refractivity contribution in [3.05, 3.63) is 0 Å². The Hall–Kier alpha value is -0.280. The lowest BCUT2D eigenvalue weighted by molar-refractivity contribution is -0.0900. The van der Waals surface area contributed by atoms with Crippen LogP contribution in [-0.4, -0.2) is 79.0 Å². The van der Waals surface area contributed by atoms with Crippen LogP contribution in [0.25, 0.3) is 0 Å². The zero-order chi connectivity index (χ0) is 14.9. The molecule has 0 aromatic carbocycles. The van der Waals surface area contributed by atoms with Crippen molar-refractivity contribution in [1.82, 2.24) is 0 Å². The van der Waals surface area contributed by atoms with Gasteiger partial charge in [-0.15, -0.1) is 0 Å². The molecular weight excluding hydrogens is 244 g/mol. The van der Waals surface area contributed by atoms with Crippen LogP contribution in [0.4, 0.5) is 0 Å². The number of rotatable bonds is 6. The van der Waals surface area contributed by atoms with Gasteiger partial charge in [0.2, 0.25) is 0 Å². The first-order chi connectivity index (χ1) is 8.05. The van der Waals surface area contributed by atoms with Gasteiger partial charge in [0.05, 0.1) is 24.9 Å². The maximum Gasteiger partial charge on any atom is 0.110 e. The fourth-order valence-corrected chi connectivity index (χ4v) is 1.20. The molecule has 7 nitrogen and oxygen atoms in total. The van der Waals surface area contributed by atoms with Crippen LogP contribution >= 0.6 is 0 Å². The topological polar surface area (TPSA) is 142 Å². The summed E-state index contributed by atoms with van der Waals surface area (Å²) < 4.78 is 0. The molecule has 0 aliphatic carbocycles. The van der Waals surface area contributed by atoms with Crippen molar-refractivity contribution in [2.75, 3.05) is 13.2 Å². The highest BCUT2D eigenvalue weighted by molar-refractivity contribution is 4.73. The first-order valence-electron chi connectivity index (χ1n) is 5.71. The molecule has 0 radical (unpaired) electrons. The molecule has 7 N–H and O–H groups in total. The van der Waals surface area contributed by atoms with Crippen LogP contribution in [0, 0.1) is 0 Å². The van der Waals surface area contributed by atoms with Crippen LogP contribution in [0.3, 0.4) is 0 Å². The summed E-state index contributed by atoms with van der Waals surface area (Å²) in [7, 11) is 0. The summed E-state index contributed by atoms with van der Waals surface area (Å²) in [6, 6.07) is 0. The largest absolute Gasteiger partial charge is 0.394 e. The Balaban J connectivity index is 0. The van der Waals surface area contributed by atoms with Gasteiger partial charge < -0.3 is 35.7 Å². The van der Waals surface area contributed by atoms with Gasteiger partial charge in [-0.05, 0) is 20.8 Å². The van der Waals surface area contributed by atoms with E-state index < -0.39 is 43.2 Å². The molecule has 7 heteroatoms. The molecule has 0 fully saturated rings. The average molecular weight is 270 g/mol. The Bertz CT molecular complexity index is 180. The minimum atomic E-state index is -1.49. The number of hydrogen-bond donors (Lipinski definition) is 7. The molecule has 3 atom stereocenters. The molecule has 0 aromatic heterocycles. The van der Waals surface area contributed by atoms with Crippen LogP contribution in [0.15, 0.2) is 0 Å². The summed E-state index contributed by atoms with van der Waals surface area (Å²) in [6.45, 7) is 3.74. The van der Waals surface area contributed by atoms with Crippen LogP contribution in [0.1, 0.15) is 27.2 Å². The third kappa shape index (κ3) is 12.2. The standard InChI is InChI=1S/C6H14O2.C5H12O5/c1-5(7)4-6(2,3)8;6-1-3(8)5(10)4(9)2-7/h5,7-8H,4H2,1-3H3;3-10H,1-2H2. The molecule has 112 valence electrons. The van der Waals surface area contributed by atoms with Gasteiger partial charge in [-0.3, -0.25) is 0 Å². The lowest BCUT2D eigenvalue weighted by Crippen LogP contribution is -2.41. The minimum Gasteiger partial charge on any atom is -0.394 e. The lowest BCUT2D eigenvalue weighted by atomic mass is 10.0. The van der Waals surface area contributed by atoms with Crippen LogP contribution < -0.4 is 0 Å². The van der Waals surface area contributed by atoms with E-state index in [0.717, 1.165) is 0 Å². The summed E-state index contributed by atoms with van der Waals surface area (Å²) >= 11 is 0. The van der Waals surface area contributed by atoms with Crippen LogP contribution in [0.5, 0.6) is 0 Å². The highest BCUT2D eigenvalue weighted by Crippen LogP contribution is 2.09. The van der Waals surface area contributed by atoms with Gasteiger partial charge in [-0.25, -0.2) is 0 Å². The number of aliphatic hydroxyl groups excluding tert-OH is 6. The Morgan fingerprint density at radius 3 is 1.33 bits per heavy atom. The van der Waals surface area contributed by atoms with E-state index in [1.807, 2.05) is 0 Å². The van der Waals surface area contributed by atoms with Crippen molar-refractivity contribution < 1.29 is 35.7 Å². The van der Waals surface area contributed by atoms with Crippen LogP contribution in [-0.2, 0) is 0 Å². The quantitative estimate of drug-likeness (QED) is 0.285. The molecule has 0 aromatic rings. The summed E-state index contributed by atoms with van der Waals surface area (Å²) in [6.07, 6.45) is -4.26. The average Bonchev–Trinajstić information content (AvgIpc) is 2.23. The third-order valence-corrected chi connectivity index (χ3v) is 1.96. The van der Waals surface area contributed by atoms with E-state index in [4.69, 9.17) is 35.7 Å². The molecular formula is C11H26O7. The second-order valence-electron chi connectivity index (χ2n) is 4.86. The minimum absolute atomic E-state index is 0.407. The summed E-state index contributed by atoms with van der Waals surface area (Å²) in [5, 5.41) is 60.3. The normalized spacial score (nSPS) is 18.3. The second-order valence-corrected chi connectivity index (χ2v) is 4.86. The Kier molecular flexibility index (Phi) is 10.7. The molecule has 18 heavy (non-hydrogen) atoms. The van der Waals surface area contributed by atoms with Gasteiger partial charge in [0.15, 0.2) is 0 Å². The molecule has 0 aliphatic heterocycles. The molecule has 3 unspecified atom stereocenters. The molecule has 0 bridgehead atoms. The van der Waals surface area contributed by atoms with Crippen molar-refractivity contribution in [1.29, 1.82) is 0 Å². The highest BCUT2D eigenvalue weighted by Gasteiger charge is 2.22. The fourth-order valence-electron chi connectivity index (χ4n) is 1.20. The van der Waals surface area contributed by atoms with Gasteiger partial charge >= 0.3 is 0 Å². The van der Waals surface area contributed by atoms with E-state index >= 15 is 0 Å². The third-order valence-electron chi connectivity index (χ3n) is 1.96. The van der Waals surface area contributed by atoms with Gasteiger partial charge in [-0.1, -0.05) is 0 Å². The van der Waals surface area contributed by atoms with Crippen molar-refractivity contribution >= 4 is 0 Å². The van der Waals surface area contributed by atoms with E-state index in [0.29, 0.717) is 6.42 Å². The zero-order valence-corrected chi connectivity index (χ0v) is 11.1. The Labute approximate surface area is 107 Å². The molecule has 0 saturated heterocycles. The number of hydrogen-bond acceptors (Lipinski definition) is 7. The monoisotopic (exact) mass is 270 g/mol. The van der Waals surface area contributed by atoms with E-state index in [1.165, 1.54) is 0 Å². The van der Waals surface area contributed by atoms with Gasteiger partial charge in [0.1, 0.15) is 18.3 Å². The van der Waals surface area contributed by atoms with Crippen molar-refractivity contribution in [2.24, 2.45) is 0 Å². The highest BCUT2D eigenvalue weighted by atomic mass is 16.4. The van der Waals surface area contributed by atoms with Gasteiger partial charge in [0, 0.05) is 6.42 Å². The van der Waals surface area contributed by atoms with Crippen LogP contribution in [0.2, 0.25) is 0 Å². The molecule has 0 saturated carbocycles. The smallest absolute Gasteiger partial charge is 0.110 e. The van der Waals surface area contributed by atoms with E-state index in [2.05, 4.69) is 0 Å². The fraction of sp³-hybridized carbons (Fsp3) is 1.00. The molecule has 0 aliphatic rings. The van der Waals surface area contributed by atoms with Crippen molar-refractivity contribution in [2.45, 2.75) is 57.2 Å². The first kappa shape index (κ1) is 20.0. The summed E-state index contributed by atoms with van der Waals surface area (Å²) in [4.78, 5) is 0. The van der Waals surface area contributed by atoms with E-state index in [-0.39, 0.29) is 0 Å². The predicted octanol–water partition coefficient (Wildman–Crippen LogP) is -2.42. The maximum atomic E-state index is 9.03. The van der Waals surface area contributed by atoms with Gasteiger partial charge in [-0.2, -0.15) is 0 Å². The lowest BCUT2D eigenvalue weighted by Gasteiger charge is -2.19. The van der Waals surface area contributed by atoms with Crippen molar-refractivity contribution in [3.63, 3.8) is 0 Å². The molecule has 0 spiro atoms. The first-order valence-corrected chi connectivity index (χ1v) is 5.71.